The van der Waals surface area contributed by atoms with Gasteiger partial charge in [0.05, 0.1) is 26.2 Å². The van der Waals surface area contributed by atoms with Gasteiger partial charge >= 0.3 is 0 Å². The monoisotopic (exact) mass is 686 g/mol. The lowest BCUT2D eigenvalue weighted by Crippen LogP contribution is -3.00. The summed E-state index contributed by atoms with van der Waals surface area (Å²) in [6, 6.07) is 0. The summed E-state index contributed by atoms with van der Waals surface area (Å²) in [6.07, 6.45) is 44.3. The summed E-state index contributed by atoms with van der Waals surface area (Å²) < 4.78 is 9.51. The molecule has 40 heavy (non-hydrogen) atoms. The molecule has 0 aliphatic heterocycles. The number of hydrogen-bond donors (Lipinski definition) is 0. The van der Waals surface area contributed by atoms with E-state index in [4.69, 9.17) is 0 Å². The van der Waals surface area contributed by atoms with Gasteiger partial charge in [0, 0.05) is 0 Å². The van der Waals surface area contributed by atoms with Gasteiger partial charge in [-0.1, -0.05) is 117 Å². The van der Waals surface area contributed by atoms with Gasteiger partial charge in [0.1, 0.15) is 24.8 Å². The van der Waals surface area contributed by atoms with Crippen LogP contribution in [0.1, 0.15) is 155 Å². The van der Waals surface area contributed by atoms with Gasteiger partial charge < -0.3 is 34.0 Å². The van der Waals surface area contributed by atoms with Crippen molar-refractivity contribution in [3.63, 3.8) is 0 Å². The van der Waals surface area contributed by atoms with E-state index in [0.717, 1.165) is 13.1 Å². The number of aromatic nitrogens is 4. The fourth-order valence-corrected chi connectivity index (χ4v) is 5.56. The fourth-order valence-electron chi connectivity index (χ4n) is 5.56. The molecule has 6 heteroatoms. The normalized spacial score (nSPS) is 10.9. The number of hydrogen-bond acceptors (Lipinski definition) is 0. The quantitative estimate of drug-likeness (QED) is 0.102. The highest BCUT2D eigenvalue weighted by Gasteiger charge is 2.06. The molecular weight excluding hydrogens is 624 g/mol. The third kappa shape index (κ3) is 21.1. The Morgan fingerprint density at radius 3 is 1.02 bits per heavy atom. The SMILES string of the molecule is CCCCCCCCCCCC[n+]1ccn(CCCCn2cc[n+](CCCCCCCCCCCC)c2)c1.[Br-].[Br-]. The number of nitrogens with zero attached hydrogens (tertiary/aromatic N) is 4. The predicted molar refractivity (Wildman–Crippen MR) is 162 cm³/mol. The van der Waals surface area contributed by atoms with E-state index in [1.807, 2.05) is 0 Å². The maximum Gasteiger partial charge on any atom is 0.243 e. The first kappa shape index (κ1) is 39.4. The van der Waals surface area contributed by atoms with Gasteiger partial charge in [-0.15, -0.1) is 0 Å². The molecule has 0 fully saturated rings. The van der Waals surface area contributed by atoms with Gasteiger partial charge in [0.15, 0.2) is 0 Å². The Labute approximate surface area is 269 Å². The fraction of sp³-hybridized carbons (Fsp3) is 0.824. The van der Waals surface area contributed by atoms with E-state index in [2.05, 4.69) is 69.6 Å². The first-order valence-corrected chi connectivity index (χ1v) is 16.9. The zero-order chi connectivity index (χ0) is 26.9. The van der Waals surface area contributed by atoms with Crippen molar-refractivity contribution >= 4 is 0 Å². The predicted octanol–water partition coefficient (Wildman–Crippen LogP) is 3.19. The van der Waals surface area contributed by atoms with Crippen molar-refractivity contribution in [2.45, 2.75) is 181 Å². The van der Waals surface area contributed by atoms with Crippen molar-refractivity contribution in [1.29, 1.82) is 0 Å². The van der Waals surface area contributed by atoms with Crippen LogP contribution >= 0.6 is 0 Å². The highest BCUT2D eigenvalue weighted by molar-refractivity contribution is 4.68. The van der Waals surface area contributed by atoms with Crippen LogP contribution in [0.3, 0.4) is 0 Å². The molecule has 2 heterocycles. The van der Waals surface area contributed by atoms with E-state index in [0.29, 0.717) is 0 Å². The van der Waals surface area contributed by atoms with Gasteiger partial charge in [-0.2, -0.15) is 0 Å². The maximum absolute atomic E-state index is 2.38. The summed E-state index contributed by atoms with van der Waals surface area (Å²) in [4.78, 5) is 0. The van der Waals surface area contributed by atoms with Crippen LogP contribution in [0.15, 0.2) is 37.4 Å². The summed E-state index contributed by atoms with van der Waals surface area (Å²) in [7, 11) is 0. The van der Waals surface area contributed by atoms with Crippen molar-refractivity contribution in [3.8, 4) is 0 Å². The molecule has 0 unspecified atom stereocenters. The van der Waals surface area contributed by atoms with Crippen molar-refractivity contribution in [1.82, 2.24) is 9.13 Å². The molecule has 2 aromatic heterocycles. The van der Waals surface area contributed by atoms with E-state index < -0.39 is 0 Å². The lowest BCUT2D eigenvalue weighted by atomic mass is 10.1. The number of aryl methyl sites for hydroxylation is 4. The molecule has 0 saturated heterocycles. The van der Waals surface area contributed by atoms with Crippen LogP contribution in [0, 0.1) is 0 Å². The Kier molecular flexibility index (Phi) is 28.1. The first-order valence-electron chi connectivity index (χ1n) is 16.9. The average molecular weight is 689 g/mol. The second-order valence-corrected chi connectivity index (χ2v) is 11.8. The minimum Gasteiger partial charge on any atom is -1.00 e. The molecule has 0 N–H and O–H groups in total. The lowest BCUT2D eigenvalue weighted by molar-refractivity contribution is -0.697. The smallest absolute Gasteiger partial charge is 0.243 e. The van der Waals surface area contributed by atoms with Crippen molar-refractivity contribution in [2.75, 3.05) is 0 Å². The van der Waals surface area contributed by atoms with Crippen LogP contribution in [0.5, 0.6) is 0 Å². The van der Waals surface area contributed by atoms with Crippen molar-refractivity contribution < 1.29 is 43.1 Å². The standard InChI is InChI=1S/C34H64N4.2BrH/c1-3-5-7-9-11-13-15-17-19-21-25-35-29-31-37(33-35)27-23-24-28-38-32-30-36(34-38)26-22-20-18-16-14-12-10-8-6-4-2;;/h29-34H,3-28H2,1-2H3;2*1H/q+2;;/p-2. The van der Waals surface area contributed by atoms with Crippen molar-refractivity contribution in [3.05, 3.63) is 37.4 Å². The molecule has 2 rings (SSSR count). The topological polar surface area (TPSA) is 17.6 Å². The Bertz CT molecular complexity index is 709. The van der Waals surface area contributed by atoms with E-state index >= 15 is 0 Å². The molecule has 0 bridgehead atoms. The molecule has 0 atom stereocenters. The summed E-state index contributed by atoms with van der Waals surface area (Å²) in [5.74, 6) is 0. The molecule has 0 spiro atoms. The van der Waals surface area contributed by atoms with Gasteiger partial charge in [0.25, 0.3) is 0 Å². The third-order valence-electron chi connectivity index (χ3n) is 8.11. The molecule has 0 saturated carbocycles. The number of halogens is 2. The largest absolute Gasteiger partial charge is 1.00 e. The molecule has 0 aliphatic rings. The summed E-state index contributed by atoms with van der Waals surface area (Å²) in [5.41, 5.74) is 0. The van der Waals surface area contributed by atoms with Gasteiger partial charge in [-0.05, 0) is 38.5 Å². The zero-order valence-electron chi connectivity index (χ0n) is 26.4. The highest BCUT2D eigenvalue weighted by atomic mass is 79.9. The van der Waals surface area contributed by atoms with E-state index in [1.54, 1.807) is 0 Å². The summed E-state index contributed by atoms with van der Waals surface area (Å²) in [5, 5.41) is 0. The van der Waals surface area contributed by atoms with Gasteiger partial charge in [-0.25, -0.2) is 18.3 Å². The van der Waals surface area contributed by atoms with Crippen LogP contribution in [0.25, 0.3) is 0 Å². The molecule has 4 nitrogen and oxygen atoms in total. The Morgan fingerprint density at radius 2 is 0.700 bits per heavy atom. The lowest BCUT2D eigenvalue weighted by Gasteiger charge is -2.01. The molecular formula is C34H64Br2N4. The van der Waals surface area contributed by atoms with Crippen LogP contribution in [0.2, 0.25) is 0 Å². The Morgan fingerprint density at radius 1 is 0.400 bits per heavy atom. The Hall–Kier alpha value is -0.620. The van der Waals surface area contributed by atoms with Crippen LogP contribution in [0.4, 0.5) is 0 Å². The van der Waals surface area contributed by atoms with E-state index in [1.165, 1.54) is 154 Å². The molecule has 0 radical (unpaired) electrons. The number of rotatable bonds is 27. The van der Waals surface area contributed by atoms with Gasteiger partial charge in [0.2, 0.25) is 12.7 Å². The Balaban J connectivity index is 0.00000760. The average Bonchev–Trinajstić information content (AvgIpc) is 3.58. The van der Waals surface area contributed by atoms with Crippen LogP contribution < -0.4 is 43.1 Å². The zero-order valence-corrected chi connectivity index (χ0v) is 29.6. The summed E-state index contributed by atoms with van der Waals surface area (Å²) >= 11 is 0. The van der Waals surface area contributed by atoms with Crippen LogP contribution in [-0.2, 0) is 26.2 Å². The highest BCUT2D eigenvalue weighted by Crippen LogP contribution is 2.11. The maximum atomic E-state index is 2.38. The summed E-state index contributed by atoms with van der Waals surface area (Å²) in [6.45, 7) is 9.20. The molecule has 2 aromatic rings. The van der Waals surface area contributed by atoms with Crippen molar-refractivity contribution in [2.24, 2.45) is 0 Å². The minimum atomic E-state index is 0. The molecule has 234 valence electrons. The molecule has 0 aliphatic carbocycles. The molecule has 0 aromatic carbocycles. The second-order valence-electron chi connectivity index (χ2n) is 11.8. The van der Waals surface area contributed by atoms with Gasteiger partial charge in [-0.3, -0.25) is 0 Å². The third-order valence-corrected chi connectivity index (χ3v) is 8.11. The first-order chi connectivity index (χ1) is 18.8. The van der Waals surface area contributed by atoms with E-state index in [9.17, 15) is 0 Å². The molecule has 0 amide bonds. The number of unbranched alkanes of at least 4 members (excludes halogenated alkanes) is 19. The second kappa shape index (κ2) is 28.5. The number of imidazole rings is 2. The van der Waals surface area contributed by atoms with Crippen LogP contribution in [-0.4, -0.2) is 9.13 Å². The van der Waals surface area contributed by atoms with E-state index in [-0.39, 0.29) is 34.0 Å². The minimum absolute atomic E-state index is 0.